The predicted octanol–water partition coefficient (Wildman–Crippen LogP) is 3.14. The third kappa shape index (κ3) is 4.37. The molecule has 0 saturated carbocycles. The number of likely N-dealkylation sites (tertiary alicyclic amines) is 1. The summed E-state index contributed by atoms with van der Waals surface area (Å²) in [7, 11) is 1.64. The number of rotatable bonds is 5. The van der Waals surface area contributed by atoms with Gasteiger partial charge in [-0.3, -0.25) is 14.7 Å². The second kappa shape index (κ2) is 10.1. The van der Waals surface area contributed by atoms with Crippen molar-refractivity contribution < 1.29 is 14.3 Å². The largest absolute Gasteiger partial charge is 0.496 e. The van der Waals surface area contributed by atoms with Crippen LogP contribution < -0.4 is 14.5 Å². The van der Waals surface area contributed by atoms with Gasteiger partial charge in [-0.05, 0) is 50.3 Å². The van der Waals surface area contributed by atoms with Crippen LogP contribution in [-0.2, 0) is 9.59 Å². The zero-order valence-electron chi connectivity index (χ0n) is 21.7. The Balaban J connectivity index is 1.07. The highest BCUT2D eigenvalue weighted by molar-refractivity contribution is 6.00. The van der Waals surface area contributed by atoms with E-state index in [2.05, 4.69) is 25.1 Å². The van der Waals surface area contributed by atoms with Crippen molar-refractivity contribution in [1.82, 2.24) is 25.1 Å². The molecule has 2 aromatic heterocycles. The number of hydrogen-bond acceptors (Lipinski definition) is 7. The van der Waals surface area contributed by atoms with E-state index in [9.17, 15) is 9.59 Å². The summed E-state index contributed by atoms with van der Waals surface area (Å²) in [5.41, 5.74) is 2.33. The molecule has 3 aliphatic rings. The molecule has 5 heterocycles. The fourth-order valence-corrected chi connectivity index (χ4v) is 6.21. The Labute approximate surface area is 222 Å². The van der Waals surface area contributed by atoms with Crippen LogP contribution in [0.2, 0.25) is 0 Å². The van der Waals surface area contributed by atoms with Crippen molar-refractivity contribution in [3.05, 3.63) is 49.1 Å². The van der Waals surface area contributed by atoms with Gasteiger partial charge in [-0.25, -0.2) is 9.97 Å². The molecular formula is C28H33N7O3. The van der Waals surface area contributed by atoms with Gasteiger partial charge in [0.1, 0.15) is 5.75 Å². The van der Waals surface area contributed by atoms with E-state index in [0.717, 1.165) is 68.0 Å². The zero-order valence-corrected chi connectivity index (χ0v) is 21.7. The van der Waals surface area contributed by atoms with Gasteiger partial charge in [0, 0.05) is 80.1 Å². The summed E-state index contributed by atoms with van der Waals surface area (Å²) in [4.78, 5) is 41.7. The van der Waals surface area contributed by atoms with Crippen LogP contribution in [0.4, 0.5) is 11.6 Å². The smallest absolute Gasteiger partial charge is 0.233 e. The third-order valence-corrected chi connectivity index (χ3v) is 8.53. The van der Waals surface area contributed by atoms with Crippen LogP contribution in [-0.4, -0.2) is 76.7 Å². The average molecular weight is 516 g/mol. The maximum Gasteiger partial charge on any atom is 0.233 e. The highest BCUT2D eigenvalue weighted by atomic mass is 16.5. The van der Waals surface area contributed by atoms with Gasteiger partial charge in [-0.15, -0.1) is 0 Å². The number of hydrogen-bond donors (Lipinski definition) is 1. The van der Waals surface area contributed by atoms with Gasteiger partial charge in [0.05, 0.1) is 18.7 Å². The Hall–Kier alpha value is -3.95. The number of anilines is 2. The number of aromatic amines is 1. The van der Waals surface area contributed by atoms with E-state index in [1.807, 2.05) is 40.3 Å². The molecule has 1 spiro atoms. The molecule has 0 radical (unpaired) electrons. The number of carbonyl (C=O) groups is 2. The van der Waals surface area contributed by atoms with Crippen LogP contribution in [0, 0.1) is 11.3 Å². The molecule has 10 nitrogen and oxygen atoms in total. The number of carbonyl (C=O) groups excluding carboxylic acids is 2. The Kier molecular flexibility index (Phi) is 6.47. The summed E-state index contributed by atoms with van der Waals surface area (Å²) >= 11 is 0. The molecule has 10 heteroatoms. The molecule has 2 amide bonds. The van der Waals surface area contributed by atoms with Gasteiger partial charge < -0.3 is 19.4 Å². The Morgan fingerprint density at radius 2 is 1.79 bits per heavy atom. The molecule has 0 atom stereocenters. The van der Waals surface area contributed by atoms with Crippen molar-refractivity contribution in [2.75, 3.05) is 49.6 Å². The number of piperidine rings is 2. The lowest BCUT2D eigenvalue weighted by Gasteiger charge is -2.40. The van der Waals surface area contributed by atoms with E-state index in [1.165, 1.54) is 0 Å². The maximum absolute atomic E-state index is 13.7. The summed E-state index contributed by atoms with van der Waals surface area (Å²) in [5, 5.41) is 6.86. The van der Waals surface area contributed by atoms with Crippen molar-refractivity contribution in [1.29, 1.82) is 0 Å². The number of H-pyrrole nitrogens is 1. The summed E-state index contributed by atoms with van der Waals surface area (Å²) in [6, 6.07) is 7.71. The number of benzene rings is 1. The monoisotopic (exact) mass is 515 g/mol. The quantitative estimate of drug-likeness (QED) is 0.556. The van der Waals surface area contributed by atoms with Crippen molar-refractivity contribution in [3.63, 3.8) is 0 Å². The van der Waals surface area contributed by atoms with Gasteiger partial charge in [0.2, 0.25) is 17.8 Å². The number of methoxy groups -OCH3 is 1. The number of nitrogens with zero attached hydrogens (tertiary/aromatic N) is 6. The first-order chi connectivity index (χ1) is 18.6. The number of amides is 2. The first-order valence-electron chi connectivity index (χ1n) is 13.4. The van der Waals surface area contributed by atoms with Crippen LogP contribution >= 0.6 is 0 Å². The Morgan fingerprint density at radius 1 is 1.05 bits per heavy atom. The summed E-state index contributed by atoms with van der Waals surface area (Å²) in [6.07, 6.45) is 10.9. The molecule has 6 rings (SSSR count). The zero-order chi connectivity index (χ0) is 26.1. The molecule has 1 aromatic carbocycles. The van der Waals surface area contributed by atoms with E-state index in [-0.39, 0.29) is 23.1 Å². The molecular weight excluding hydrogens is 482 g/mol. The second-order valence-corrected chi connectivity index (χ2v) is 10.5. The van der Waals surface area contributed by atoms with E-state index in [4.69, 9.17) is 4.74 Å². The van der Waals surface area contributed by atoms with Gasteiger partial charge in [-0.1, -0.05) is 0 Å². The van der Waals surface area contributed by atoms with E-state index >= 15 is 0 Å². The lowest BCUT2D eigenvalue weighted by atomic mass is 9.76. The first kappa shape index (κ1) is 24.4. The SMILES string of the molecule is COc1cc(N2CCC3(CCN(C(=O)C4CCN(c5ncccn5)CC4)CC3)C2=O)ccc1-c1cn[nH]c1. The topological polar surface area (TPSA) is 108 Å². The van der Waals surface area contributed by atoms with E-state index in [0.29, 0.717) is 25.4 Å². The molecule has 3 fully saturated rings. The minimum Gasteiger partial charge on any atom is -0.496 e. The maximum atomic E-state index is 13.7. The highest BCUT2D eigenvalue weighted by Gasteiger charge is 2.49. The fourth-order valence-electron chi connectivity index (χ4n) is 6.21. The van der Waals surface area contributed by atoms with Gasteiger partial charge in [-0.2, -0.15) is 5.10 Å². The minimum absolute atomic E-state index is 0.0287. The normalized spacial score (nSPS) is 19.8. The van der Waals surface area contributed by atoms with Gasteiger partial charge in [0.15, 0.2) is 0 Å². The average Bonchev–Trinajstić information content (AvgIpc) is 3.62. The molecule has 198 valence electrons. The minimum atomic E-state index is -0.388. The molecule has 3 aromatic rings. The van der Waals surface area contributed by atoms with E-state index in [1.54, 1.807) is 25.7 Å². The van der Waals surface area contributed by atoms with Crippen LogP contribution in [0.15, 0.2) is 49.1 Å². The molecule has 0 bridgehead atoms. The third-order valence-electron chi connectivity index (χ3n) is 8.53. The van der Waals surface area contributed by atoms with Crippen molar-refractivity contribution in [3.8, 4) is 16.9 Å². The number of ether oxygens (including phenoxy) is 1. The molecule has 3 aliphatic heterocycles. The number of nitrogens with one attached hydrogen (secondary N) is 1. The molecule has 38 heavy (non-hydrogen) atoms. The fraction of sp³-hybridized carbons (Fsp3) is 0.464. The van der Waals surface area contributed by atoms with Gasteiger partial charge >= 0.3 is 0 Å². The van der Waals surface area contributed by atoms with Crippen molar-refractivity contribution in [2.45, 2.75) is 32.1 Å². The van der Waals surface area contributed by atoms with Crippen LogP contribution in [0.5, 0.6) is 5.75 Å². The van der Waals surface area contributed by atoms with Crippen LogP contribution in [0.25, 0.3) is 11.1 Å². The Morgan fingerprint density at radius 3 is 2.47 bits per heavy atom. The second-order valence-electron chi connectivity index (χ2n) is 10.5. The summed E-state index contributed by atoms with van der Waals surface area (Å²) < 4.78 is 5.64. The van der Waals surface area contributed by atoms with E-state index < -0.39 is 0 Å². The lowest BCUT2D eigenvalue weighted by molar-refractivity contribution is -0.141. The highest BCUT2D eigenvalue weighted by Crippen LogP contribution is 2.44. The van der Waals surface area contributed by atoms with Crippen molar-refractivity contribution >= 4 is 23.5 Å². The summed E-state index contributed by atoms with van der Waals surface area (Å²) in [5.74, 6) is 1.87. The van der Waals surface area contributed by atoms with Crippen LogP contribution in [0.1, 0.15) is 32.1 Å². The van der Waals surface area contributed by atoms with Crippen LogP contribution in [0.3, 0.4) is 0 Å². The molecule has 3 saturated heterocycles. The summed E-state index contributed by atoms with van der Waals surface area (Å²) in [6.45, 7) is 3.54. The molecule has 0 aliphatic carbocycles. The predicted molar refractivity (Wildman–Crippen MR) is 143 cm³/mol. The molecule has 0 unspecified atom stereocenters. The first-order valence-corrected chi connectivity index (χ1v) is 13.4. The van der Waals surface area contributed by atoms with Crippen molar-refractivity contribution in [2.24, 2.45) is 11.3 Å². The Bertz CT molecular complexity index is 1280. The standard InChI is InChI=1S/C28H33N7O3/c1-38-24-17-22(3-4-23(24)21-18-31-32-19-21)35-16-9-28(26(35)37)7-14-33(15-8-28)25(36)20-5-12-34(13-6-20)27-29-10-2-11-30-27/h2-4,10-11,17-20H,5-9,12-16H2,1H3,(H,31,32). The number of aromatic nitrogens is 4. The lowest BCUT2D eigenvalue weighted by Crippen LogP contribution is -2.49. The van der Waals surface area contributed by atoms with Gasteiger partial charge in [0.25, 0.3) is 0 Å². The molecule has 1 N–H and O–H groups in total.